The van der Waals surface area contributed by atoms with Crippen LogP contribution in [0.4, 0.5) is 4.79 Å². The number of piperidine rings is 1. The van der Waals surface area contributed by atoms with E-state index in [4.69, 9.17) is 4.74 Å². The standard InChI is InChI=1S/C21H27N3O4/c1-14-16-7-5-6-8-17(16)19(26)24(14)13-18(25)22-15-9-11-23(12-10-15)20(27)28-21(2,3)4/h5-8,15H,1,9-13H2,2-4H3,(H,22,25). The molecule has 0 spiro atoms. The van der Waals surface area contributed by atoms with E-state index >= 15 is 0 Å². The molecule has 0 unspecified atom stereocenters. The highest BCUT2D eigenvalue weighted by Gasteiger charge is 2.33. The van der Waals surface area contributed by atoms with Gasteiger partial charge in [-0.3, -0.25) is 14.5 Å². The minimum atomic E-state index is -0.523. The largest absolute Gasteiger partial charge is 0.444 e. The summed E-state index contributed by atoms with van der Waals surface area (Å²) in [4.78, 5) is 40.1. The molecule has 7 nitrogen and oxygen atoms in total. The normalized spacial score (nSPS) is 17.5. The molecule has 1 N–H and O–H groups in total. The minimum Gasteiger partial charge on any atom is -0.444 e. The van der Waals surface area contributed by atoms with E-state index in [0.717, 1.165) is 5.56 Å². The van der Waals surface area contributed by atoms with Crippen molar-refractivity contribution >= 4 is 23.6 Å². The monoisotopic (exact) mass is 385 g/mol. The van der Waals surface area contributed by atoms with Gasteiger partial charge in [0.05, 0.1) is 0 Å². The third-order valence-electron chi connectivity index (χ3n) is 4.85. The summed E-state index contributed by atoms with van der Waals surface area (Å²) >= 11 is 0. The van der Waals surface area contributed by atoms with Gasteiger partial charge in [-0.05, 0) is 39.7 Å². The van der Waals surface area contributed by atoms with Gasteiger partial charge in [-0.2, -0.15) is 0 Å². The highest BCUT2D eigenvalue weighted by molar-refractivity contribution is 6.10. The first kappa shape index (κ1) is 19.9. The molecule has 0 aromatic heterocycles. The lowest BCUT2D eigenvalue weighted by molar-refractivity contribution is -0.122. The Morgan fingerprint density at radius 2 is 1.79 bits per heavy atom. The fraction of sp³-hybridized carbons (Fsp3) is 0.476. The zero-order valence-corrected chi connectivity index (χ0v) is 16.7. The number of fused-ring (bicyclic) bond motifs is 1. The van der Waals surface area contributed by atoms with Crippen LogP contribution < -0.4 is 5.32 Å². The Hall–Kier alpha value is -2.83. The Morgan fingerprint density at radius 3 is 2.36 bits per heavy atom. The summed E-state index contributed by atoms with van der Waals surface area (Å²) in [6, 6.07) is 7.19. The smallest absolute Gasteiger partial charge is 0.410 e. The Bertz CT molecular complexity index is 769. The first-order valence-electron chi connectivity index (χ1n) is 9.53. The molecule has 7 heteroatoms. The fourth-order valence-corrected chi connectivity index (χ4v) is 3.45. The molecule has 0 bridgehead atoms. The number of benzene rings is 1. The number of hydrogen-bond acceptors (Lipinski definition) is 4. The number of hydrogen-bond donors (Lipinski definition) is 1. The molecule has 0 radical (unpaired) electrons. The van der Waals surface area contributed by atoms with Crippen molar-refractivity contribution in [2.75, 3.05) is 19.6 Å². The van der Waals surface area contributed by atoms with Crippen molar-refractivity contribution in [3.8, 4) is 0 Å². The predicted molar refractivity (Wildman–Crippen MR) is 105 cm³/mol. The van der Waals surface area contributed by atoms with E-state index in [-0.39, 0.29) is 30.5 Å². The van der Waals surface area contributed by atoms with Gasteiger partial charge in [0.1, 0.15) is 12.1 Å². The molecule has 2 heterocycles. The van der Waals surface area contributed by atoms with Crippen LogP contribution in [0.1, 0.15) is 49.5 Å². The number of nitrogens with one attached hydrogen (secondary N) is 1. The summed E-state index contributed by atoms with van der Waals surface area (Å²) in [7, 11) is 0. The fourth-order valence-electron chi connectivity index (χ4n) is 3.45. The number of amides is 3. The lowest BCUT2D eigenvalue weighted by Gasteiger charge is -2.34. The second-order valence-corrected chi connectivity index (χ2v) is 8.19. The molecular weight excluding hydrogens is 358 g/mol. The Labute approximate surface area is 165 Å². The van der Waals surface area contributed by atoms with E-state index < -0.39 is 5.60 Å². The molecule has 1 aromatic carbocycles. The number of likely N-dealkylation sites (tertiary alicyclic amines) is 1. The molecular formula is C21H27N3O4. The summed E-state index contributed by atoms with van der Waals surface area (Å²) in [6.07, 6.45) is 0.981. The van der Waals surface area contributed by atoms with Crippen molar-refractivity contribution in [2.24, 2.45) is 0 Å². The summed E-state index contributed by atoms with van der Waals surface area (Å²) in [5.74, 6) is -0.423. The maximum atomic E-state index is 12.5. The molecule has 28 heavy (non-hydrogen) atoms. The van der Waals surface area contributed by atoms with Gasteiger partial charge in [0.2, 0.25) is 5.91 Å². The molecule has 1 fully saturated rings. The van der Waals surface area contributed by atoms with Gasteiger partial charge in [-0.25, -0.2) is 4.79 Å². The van der Waals surface area contributed by atoms with Gasteiger partial charge in [-0.1, -0.05) is 24.8 Å². The molecule has 3 amide bonds. The quantitative estimate of drug-likeness (QED) is 0.868. The molecule has 0 saturated carbocycles. The predicted octanol–water partition coefficient (Wildman–Crippen LogP) is 2.63. The van der Waals surface area contributed by atoms with E-state index in [9.17, 15) is 14.4 Å². The van der Waals surface area contributed by atoms with Crippen LogP contribution in [0.25, 0.3) is 5.70 Å². The SMILES string of the molecule is C=C1c2ccccc2C(=O)N1CC(=O)NC1CCN(C(=O)OC(C)(C)C)CC1. The van der Waals surface area contributed by atoms with Crippen LogP contribution in [0.2, 0.25) is 0 Å². The minimum absolute atomic E-state index is 0.0282. The lowest BCUT2D eigenvalue weighted by atomic mass is 10.1. The highest BCUT2D eigenvalue weighted by Crippen LogP contribution is 2.30. The van der Waals surface area contributed by atoms with Crippen molar-refractivity contribution in [1.29, 1.82) is 0 Å². The summed E-state index contributed by atoms with van der Waals surface area (Å²) in [5, 5.41) is 2.97. The Morgan fingerprint density at radius 1 is 1.18 bits per heavy atom. The second-order valence-electron chi connectivity index (χ2n) is 8.19. The third-order valence-corrected chi connectivity index (χ3v) is 4.85. The van der Waals surface area contributed by atoms with E-state index in [0.29, 0.717) is 37.2 Å². The van der Waals surface area contributed by atoms with Crippen LogP contribution in [0.3, 0.4) is 0 Å². The van der Waals surface area contributed by atoms with Crippen molar-refractivity contribution < 1.29 is 19.1 Å². The van der Waals surface area contributed by atoms with E-state index in [1.54, 1.807) is 17.0 Å². The van der Waals surface area contributed by atoms with Gasteiger partial charge in [0, 0.05) is 36.0 Å². The zero-order chi connectivity index (χ0) is 20.5. The van der Waals surface area contributed by atoms with Crippen LogP contribution >= 0.6 is 0 Å². The third kappa shape index (κ3) is 4.35. The maximum Gasteiger partial charge on any atom is 0.410 e. The second kappa shape index (κ2) is 7.66. The van der Waals surface area contributed by atoms with Gasteiger partial charge < -0.3 is 15.0 Å². The van der Waals surface area contributed by atoms with Crippen molar-refractivity contribution in [1.82, 2.24) is 15.1 Å². The lowest BCUT2D eigenvalue weighted by Crippen LogP contribution is -2.49. The first-order valence-corrected chi connectivity index (χ1v) is 9.53. The van der Waals surface area contributed by atoms with Crippen molar-refractivity contribution in [3.05, 3.63) is 42.0 Å². The summed E-state index contributed by atoms with van der Waals surface area (Å²) in [5.41, 5.74) is 1.37. The van der Waals surface area contributed by atoms with Crippen LogP contribution in [0.5, 0.6) is 0 Å². The number of carbonyl (C=O) groups excluding carboxylic acids is 3. The summed E-state index contributed by atoms with van der Waals surface area (Å²) < 4.78 is 5.38. The average molecular weight is 385 g/mol. The Balaban J connectivity index is 1.49. The summed E-state index contributed by atoms with van der Waals surface area (Å²) in [6.45, 7) is 10.5. The molecule has 2 aliphatic heterocycles. The average Bonchev–Trinajstić information content (AvgIpc) is 2.86. The van der Waals surface area contributed by atoms with Crippen LogP contribution in [-0.4, -0.2) is 59.0 Å². The number of ether oxygens (including phenoxy) is 1. The van der Waals surface area contributed by atoms with Crippen LogP contribution in [0.15, 0.2) is 30.8 Å². The molecule has 0 aliphatic carbocycles. The highest BCUT2D eigenvalue weighted by atomic mass is 16.6. The van der Waals surface area contributed by atoms with Crippen LogP contribution in [-0.2, 0) is 9.53 Å². The molecule has 150 valence electrons. The first-order chi connectivity index (χ1) is 13.2. The van der Waals surface area contributed by atoms with E-state index in [1.165, 1.54) is 4.90 Å². The van der Waals surface area contributed by atoms with Gasteiger partial charge in [0.15, 0.2) is 0 Å². The van der Waals surface area contributed by atoms with Crippen LogP contribution in [0, 0.1) is 0 Å². The maximum absolute atomic E-state index is 12.5. The molecule has 0 atom stereocenters. The topological polar surface area (TPSA) is 79.0 Å². The number of carbonyl (C=O) groups is 3. The molecule has 3 rings (SSSR count). The molecule has 1 saturated heterocycles. The molecule has 2 aliphatic rings. The molecule has 1 aromatic rings. The van der Waals surface area contributed by atoms with E-state index in [1.807, 2.05) is 32.9 Å². The zero-order valence-electron chi connectivity index (χ0n) is 16.7. The van der Waals surface area contributed by atoms with Gasteiger partial charge >= 0.3 is 6.09 Å². The van der Waals surface area contributed by atoms with Crippen molar-refractivity contribution in [3.63, 3.8) is 0 Å². The van der Waals surface area contributed by atoms with Crippen molar-refractivity contribution in [2.45, 2.75) is 45.3 Å². The number of rotatable bonds is 3. The van der Waals surface area contributed by atoms with E-state index in [2.05, 4.69) is 11.9 Å². The van der Waals surface area contributed by atoms with Gasteiger partial charge in [0.25, 0.3) is 5.91 Å². The van der Waals surface area contributed by atoms with Gasteiger partial charge in [-0.15, -0.1) is 0 Å². The Kier molecular flexibility index (Phi) is 5.45. The number of nitrogens with zero attached hydrogens (tertiary/aromatic N) is 2.